The van der Waals surface area contributed by atoms with E-state index in [1.54, 1.807) is 6.92 Å². The molecule has 112 valence electrons. The Morgan fingerprint density at radius 2 is 2.00 bits per heavy atom. The maximum absolute atomic E-state index is 12.0. The number of carboxylic acid groups (broad SMARTS) is 1. The fourth-order valence-electron chi connectivity index (χ4n) is 2.22. The van der Waals surface area contributed by atoms with E-state index in [9.17, 15) is 9.59 Å². The smallest absolute Gasteiger partial charge is 0.329 e. The molecule has 1 atom stereocenters. The summed E-state index contributed by atoms with van der Waals surface area (Å²) in [5.41, 5.74) is -0.127. The van der Waals surface area contributed by atoms with Crippen LogP contribution in [0.2, 0.25) is 0 Å². The van der Waals surface area contributed by atoms with E-state index in [0.29, 0.717) is 13.0 Å². The lowest BCUT2D eigenvalue weighted by atomic mass is 9.99. The molecule has 1 aromatic carbocycles. The van der Waals surface area contributed by atoms with Gasteiger partial charge in [-0.15, -0.1) is 0 Å². The first-order valence-corrected chi connectivity index (χ1v) is 7.04. The number of hydrogen-bond donors (Lipinski definition) is 2. The molecule has 5 nitrogen and oxygen atoms in total. The van der Waals surface area contributed by atoms with E-state index in [4.69, 9.17) is 5.11 Å². The van der Waals surface area contributed by atoms with Crippen LogP contribution in [-0.2, 0) is 16.1 Å². The van der Waals surface area contributed by atoms with Gasteiger partial charge < -0.3 is 15.0 Å². The van der Waals surface area contributed by atoms with Gasteiger partial charge in [-0.2, -0.15) is 0 Å². The number of aryl methyl sites for hydroxylation is 1. The second kappa shape index (κ2) is 5.99. The number of para-hydroxylation sites is 1. The van der Waals surface area contributed by atoms with Crippen molar-refractivity contribution < 1.29 is 14.7 Å². The molecular weight excluding hydrogens is 268 g/mol. The first-order valence-electron chi connectivity index (χ1n) is 7.04. The molecule has 0 aliphatic heterocycles. The number of aromatic nitrogens is 1. The Balaban J connectivity index is 2.00. The number of carbonyl (C=O) groups is 2. The van der Waals surface area contributed by atoms with Crippen molar-refractivity contribution in [3.8, 4) is 0 Å². The van der Waals surface area contributed by atoms with Crippen molar-refractivity contribution in [1.82, 2.24) is 9.88 Å². The molecule has 0 bridgehead atoms. The summed E-state index contributed by atoms with van der Waals surface area (Å²) in [4.78, 5) is 23.1. The van der Waals surface area contributed by atoms with Crippen LogP contribution in [0.3, 0.4) is 0 Å². The molecule has 2 rings (SSSR count). The van der Waals surface area contributed by atoms with Crippen LogP contribution in [0.15, 0.2) is 36.5 Å². The minimum absolute atomic E-state index is 0.250. The Hall–Kier alpha value is -2.30. The molecule has 0 spiro atoms. The van der Waals surface area contributed by atoms with Gasteiger partial charge in [0.15, 0.2) is 0 Å². The predicted molar refractivity (Wildman–Crippen MR) is 81.0 cm³/mol. The molecule has 0 saturated carbocycles. The number of rotatable bonds is 6. The maximum atomic E-state index is 12.0. The van der Waals surface area contributed by atoms with Gasteiger partial charge in [-0.05, 0) is 30.9 Å². The third kappa shape index (κ3) is 3.24. The summed E-state index contributed by atoms with van der Waals surface area (Å²) >= 11 is 0. The first-order chi connectivity index (χ1) is 9.96. The summed E-state index contributed by atoms with van der Waals surface area (Å²) in [7, 11) is 0. The molecule has 1 amide bonds. The minimum Gasteiger partial charge on any atom is -0.480 e. The average Bonchev–Trinajstić information content (AvgIpc) is 2.88. The Bertz CT molecular complexity index is 662. The van der Waals surface area contributed by atoms with Crippen LogP contribution in [0.4, 0.5) is 0 Å². The van der Waals surface area contributed by atoms with E-state index in [0.717, 1.165) is 10.9 Å². The van der Waals surface area contributed by atoms with Gasteiger partial charge in [0.2, 0.25) is 5.91 Å². The summed E-state index contributed by atoms with van der Waals surface area (Å²) < 4.78 is 2.00. The highest BCUT2D eigenvalue weighted by Crippen LogP contribution is 2.15. The first kappa shape index (κ1) is 15.1. The lowest BCUT2D eigenvalue weighted by Gasteiger charge is -2.24. The van der Waals surface area contributed by atoms with Crippen molar-refractivity contribution in [2.24, 2.45) is 0 Å². The van der Waals surface area contributed by atoms with Crippen molar-refractivity contribution in [2.75, 3.05) is 0 Å². The van der Waals surface area contributed by atoms with Crippen molar-refractivity contribution >= 4 is 22.8 Å². The van der Waals surface area contributed by atoms with E-state index in [1.165, 1.54) is 6.92 Å². The SMILES string of the molecule is CCC(C)(NC(=O)CCn1ccc2ccccc21)C(=O)O. The molecule has 5 heteroatoms. The third-order valence-electron chi connectivity index (χ3n) is 3.85. The van der Waals surface area contributed by atoms with E-state index in [1.807, 2.05) is 41.1 Å². The zero-order chi connectivity index (χ0) is 15.5. The molecule has 0 saturated heterocycles. The van der Waals surface area contributed by atoms with E-state index >= 15 is 0 Å². The summed E-state index contributed by atoms with van der Waals surface area (Å²) in [6.45, 7) is 3.80. The van der Waals surface area contributed by atoms with Crippen LogP contribution >= 0.6 is 0 Å². The standard InChI is InChI=1S/C16H20N2O3/c1-3-16(2,15(20)21)17-14(19)9-11-18-10-8-12-6-4-5-7-13(12)18/h4-8,10H,3,9,11H2,1-2H3,(H,17,19)(H,20,21). The van der Waals surface area contributed by atoms with Crippen LogP contribution in [0, 0.1) is 0 Å². The van der Waals surface area contributed by atoms with E-state index < -0.39 is 11.5 Å². The van der Waals surface area contributed by atoms with Crippen molar-refractivity contribution in [1.29, 1.82) is 0 Å². The van der Waals surface area contributed by atoms with Gasteiger partial charge in [0.05, 0.1) is 0 Å². The van der Waals surface area contributed by atoms with Crippen LogP contribution in [0.25, 0.3) is 10.9 Å². The lowest BCUT2D eigenvalue weighted by Crippen LogP contribution is -2.51. The number of nitrogens with one attached hydrogen (secondary N) is 1. The van der Waals surface area contributed by atoms with Gasteiger partial charge in [0.1, 0.15) is 5.54 Å². The summed E-state index contributed by atoms with van der Waals surface area (Å²) in [5.74, 6) is -1.26. The normalized spacial score (nSPS) is 13.8. The highest BCUT2D eigenvalue weighted by atomic mass is 16.4. The second-order valence-corrected chi connectivity index (χ2v) is 5.36. The molecule has 1 aromatic heterocycles. The second-order valence-electron chi connectivity index (χ2n) is 5.36. The molecule has 2 N–H and O–H groups in total. The minimum atomic E-state index is -1.20. The van der Waals surface area contributed by atoms with E-state index in [2.05, 4.69) is 5.32 Å². The van der Waals surface area contributed by atoms with E-state index in [-0.39, 0.29) is 12.3 Å². The Labute approximate surface area is 123 Å². The summed E-state index contributed by atoms with van der Waals surface area (Å²) in [6, 6.07) is 9.95. The van der Waals surface area contributed by atoms with Crippen LogP contribution in [0.5, 0.6) is 0 Å². The van der Waals surface area contributed by atoms with Gasteiger partial charge in [-0.1, -0.05) is 25.1 Å². The Morgan fingerprint density at radius 1 is 1.29 bits per heavy atom. The number of benzene rings is 1. The largest absolute Gasteiger partial charge is 0.480 e. The van der Waals surface area contributed by atoms with Crippen molar-refractivity contribution in [2.45, 2.75) is 38.8 Å². The zero-order valence-electron chi connectivity index (χ0n) is 12.3. The molecule has 0 aliphatic rings. The third-order valence-corrected chi connectivity index (χ3v) is 3.85. The molecular formula is C16H20N2O3. The topological polar surface area (TPSA) is 71.3 Å². The quantitative estimate of drug-likeness (QED) is 0.857. The van der Waals surface area contributed by atoms with Gasteiger partial charge in [0.25, 0.3) is 0 Å². The molecule has 1 heterocycles. The predicted octanol–water partition coefficient (Wildman–Crippen LogP) is 2.40. The molecule has 2 aromatic rings. The molecule has 0 fully saturated rings. The number of nitrogens with zero attached hydrogens (tertiary/aromatic N) is 1. The van der Waals surface area contributed by atoms with Gasteiger partial charge >= 0.3 is 5.97 Å². The monoisotopic (exact) mass is 288 g/mol. The van der Waals surface area contributed by atoms with Crippen LogP contribution in [-0.4, -0.2) is 27.1 Å². The summed E-state index contributed by atoms with van der Waals surface area (Å²) in [5, 5.41) is 12.9. The summed E-state index contributed by atoms with van der Waals surface area (Å²) in [6.07, 6.45) is 2.54. The maximum Gasteiger partial charge on any atom is 0.329 e. The fraction of sp³-hybridized carbons (Fsp3) is 0.375. The van der Waals surface area contributed by atoms with Gasteiger partial charge in [0, 0.05) is 24.7 Å². The highest BCUT2D eigenvalue weighted by Gasteiger charge is 2.32. The van der Waals surface area contributed by atoms with Crippen molar-refractivity contribution in [3.05, 3.63) is 36.5 Å². The number of amides is 1. The lowest BCUT2D eigenvalue weighted by molar-refractivity contribution is -0.147. The molecule has 1 unspecified atom stereocenters. The van der Waals surface area contributed by atoms with Crippen molar-refractivity contribution in [3.63, 3.8) is 0 Å². The number of carboxylic acids is 1. The molecule has 21 heavy (non-hydrogen) atoms. The zero-order valence-corrected chi connectivity index (χ0v) is 12.3. The highest BCUT2D eigenvalue weighted by molar-refractivity contribution is 5.86. The Kier molecular flexibility index (Phi) is 4.31. The number of fused-ring (bicyclic) bond motifs is 1. The van der Waals surface area contributed by atoms with Gasteiger partial charge in [-0.3, -0.25) is 4.79 Å². The van der Waals surface area contributed by atoms with Crippen LogP contribution < -0.4 is 5.32 Å². The average molecular weight is 288 g/mol. The number of aliphatic carboxylic acids is 1. The fourth-order valence-corrected chi connectivity index (χ4v) is 2.22. The van der Waals surface area contributed by atoms with Gasteiger partial charge in [-0.25, -0.2) is 4.79 Å². The Morgan fingerprint density at radius 3 is 2.67 bits per heavy atom. The number of carbonyl (C=O) groups excluding carboxylic acids is 1. The van der Waals surface area contributed by atoms with Crippen LogP contribution in [0.1, 0.15) is 26.7 Å². The number of hydrogen-bond acceptors (Lipinski definition) is 2. The molecule has 0 radical (unpaired) electrons. The molecule has 0 aliphatic carbocycles.